The van der Waals surface area contributed by atoms with E-state index in [1.165, 1.54) is 11.9 Å². The number of aliphatic hydroxyl groups is 1. The second kappa shape index (κ2) is 7.48. The summed E-state index contributed by atoms with van der Waals surface area (Å²) in [5, 5.41) is 24.1. The zero-order valence-electron chi connectivity index (χ0n) is 14.3. The Morgan fingerprint density at radius 2 is 2.15 bits per heavy atom. The highest BCUT2D eigenvalue weighted by molar-refractivity contribution is 5.80. The molecule has 1 aliphatic carbocycles. The first-order valence-corrected chi connectivity index (χ1v) is 8.94. The Kier molecular flexibility index (Phi) is 4.91. The predicted molar refractivity (Wildman–Crippen MR) is 92.3 cm³/mol. The molecule has 1 aromatic heterocycles. The van der Waals surface area contributed by atoms with Gasteiger partial charge in [-0.3, -0.25) is 10.2 Å². The smallest absolute Gasteiger partial charge is 0.228 e. The first kappa shape index (κ1) is 17.1. The van der Waals surface area contributed by atoms with E-state index in [1.54, 1.807) is 4.68 Å². The van der Waals surface area contributed by atoms with Crippen LogP contribution in [0.4, 0.5) is 0 Å². The molecule has 9 nitrogen and oxygen atoms in total. The molecule has 138 valence electrons. The third-order valence-corrected chi connectivity index (χ3v) is 5.28. The summed E-state index contributed by atoms with van der Waals surface area (Å²) in [7, 11) is 0. The average Bonchev–Trinajstić information content (AvgIpc) is 3.30. The van der Waals surface area contributed by atoms with Crippen molar-refractivity contribution >= 4 is 5.91 Å². The molecule has 1 saturated heterocycles. The Labute approximate surface area is 151 Å². The van der Waals surface area contributed by atoms with Crippen molar-refractivity contribution in [3.63, 3.8) is 0 Å². The molecule has 3 atom stereocenters. The van der Waals surface area contributed by atoms with Crippen molar-refractivity contribution in [3.05, 3.63) is 42.2 Å². The standard InChI is InChI=1S/C17H23N7O2/c25-13-7-12(8-13)15(6-11-4-2-1-3-5-11)20-17(26)14-9-18-21-16(14)24-10-19-22-23-24/h1-5,10,12-16,18,21,25H,6-9H2,(H,20,26). The number of benzene rings is 1. The quantitative estimate of drug-likeness (QED) is 0.545. The van der Waals surface area contributed by atoms with Crippen LogP contribution >= 0.6 is 0 Å². The third kappa shape index (κ3) is 3.59. The third-order valence-electron chi connectivity index (χ3n) is 5.28. The number of rotatable bonds is 6. The largest absolute Gasteiger partial charge is 0.393 e. The highest BCUT2D eigenvalue weighted by Crippen LogP contribution is 2.32. The molecule has 1 amide bonds. The summed E-state index contributed by atoms with van der Waals surface area (Å²) in [6.07, 6.45) is 3.14. The molecule has 3 unspecified atom stereocenters. The number of hydrogen-bond acceptors (Lipinski definition) is 7. The van der Waals surface area contributed by atoms with Crippen molar-refractivity contribution in [2.45, 2.75) is 37.6 Å². The van der Waals surface area contributed by atoms with Crippen molar-refractivity contribution in [2.24, 2.45) is 11.8 Å². The maximum atomic E-state index is 12.9. The summed E-state index contributed by atoms with van der Waals surface area (Å²) in [5.41, 5.74) is 7.24. The molecule has 0 radical (unpaired) electrons. The summed E-state index contributed by atoms with van der Waals surface area (Å²) in [4.78, 5) is 12.9. The lowest BCUT2D eigenvalue weighted by atomic mass is 9.75. The Morgan fingerprint density at radius 3 is 2.85 bits per heavy atom. The van der Waals surface area contributed by atoms with E-state index in [0.717, 1.165) is 19.3 Å². The number of nitrogens with zero attached hydrogens (tertiary/aromatic N) is 4. The van der Waals surface area contributed by atoms with Crippen LogP contribution in [0.15, 0.2) is 36.7 Å². The van der Waals surface area contributed by atoms with Gasteiger partial charge in [-0.15, -0.1) is 5.10 Å². The molecule has 2 aromatic rings. The van der Waals surface area contributed by atoms with Gasteiger partial charge in [-0.05, 0) is 41.2 Å². The first-order chi connectivity index (χ1) is 12.7. The lowest BCUT2D eigenvalue weighted by Gasteiger charge is -2.38. The first-order valence-electron chi connectivity index (χ1n) is 8.94. The molecule has 1 aromatic carbocycles. The van der Waals surface area contributed by atoms with E-state index in [0.29, 0.717) is 12.5 Å². The van der Waals surface area contributed by atoms with Crippen molar-refractivity contribution in [1.82, 2.24) is 36.4 Å². The van der Waals surface area contributed by atoms with Gasteiger partial charge in [0.1, 0.15) is 12.5 Å². The minimum absolute atomic E-state index is 0.00317. The van der Waals surface area contributed by atoms with E-state index >= 15 is 0 Å². The molecule has 9 heteroatoms. The van der Waals surface area contributed by atoms with Crippen molar-refractivity contribution in [2.75, 3.05) is 6.54 Å². The van der Waals surface area contributed by atoms with Gasteiger partial charge in [0.05, 0.1) is 12.0 Å². The van der Waals surface area contributed by atoms with Crippen LogP contribution in [0, 0.1) is 11.8 Å². The highest BCUT2D eigenvalue weighted by atomic mass is 16.3. The number of hydrazine groups is 1. The van der Waals surface area contributed by atoms with Crippen molar-refractivity contribution in [3.8, 4) is 0 Å². The topological polar surface area (TPSA) is 117 Å². The number of hydrogen-bond donors (Lipinski definition) is 4. The Balaban J connectivity index is 1.45. The average molecular weight is 357 g/mol. The zero-order chi connectivity index (χ0) is 17.9. The van der Waals surface area contributed by atoms with Gasteiger partial charge >= 0.3 is 0 Å². The van der Waals surface area contributed by atoms with Gasteiger partial charge in [0.15, 0.2) is 0 Å². The number of aliphatic hydroxyl groups excluding tert-OH is 1. The maximum Gasteiger partial charge on any atom is 0.228 e. The van der Waals surface area contributed by atoms with Gasteiger partial charge in [0.25, 0.3) is 0 Å². The lowest BCUT2D eigenvalue weighted by Crippen LogP contribution is -2.50. The minimum atomic E-state index is -0.325. The molecule has 4 rings (SSSR count). The molecule has 2 heterocycles. The second-order valence-electron chi connectivity index (χ2n) is 7.06. The molecular formula is C17H23N7O2. The van der Waals surface area contributed by atoms with E-state index < -0.39 is 0 Å². The van der Waals surface area contributed by atoms with Crippen LogP contribution in [0.25, 0.3) is 0 Å². The molecule has 2 aliphatic rings. The van der Waals surface area contributed by atoms with Gasteiger partial charge < -0.3 is 10.4 Å². The fraction of sp³-hybridized carbons (Fsp3) is 0.529. The summed E-state index contributed by atoms with van der Waals surface area (Å²) in [6, 6.07) is 10.1. The molecule has 2 fully saturated rings. The number of carbonyl (C=O) groups excluding carboxylic acids is 1. The van der Waals surface area contributed by atoms with Crippen LogP contribution in [0.3, 0.4) is 0 Å². The molecule has 0 bridgehead atoms. The molecular weight excluding hydrogens is 334 g/mol. The van der Waals surface area contributed by atoms with Crippen LogP contribution in [0.2, 0.25) is 0 Å². The van der Waals surface area contributed by atoms with Crippen molar-refractivity contribution in [1.29, 1.82) is 0 Å². The van der Waals surface area contributed by atoms with Crippen molar-refractivity contribution < 1.29 is 9.90 Å². The van der Waals surface area contributed by atoms with Gasteiger partial charge in [0.2, 0.25) is 5.91 Å². The van der Waals surface area contributed by atoms with Crippen LogP contribution < -0.4 is 16.2 Å². The number of amides is 1. The molecule has 1 saturated carbocycles. The van der Waals surface area contributed by atoms with E-state index in [1.807, 2.05) is 18.2 Å². The lowest BCUT2D eigenvalue weighted by molar-refractivity contribution is -0.127. The van der Waals surface area contributed by atoms with Gasteiger partial charge in [-0.1, -0.05) is 30.3 Å². The van der Waals surface area contributed by atoms with Gasteiger partial charge in [0, 0.05) is 12.6 Å². The van der Waals surface area contributed by atoms with Crippen LogP contribution in [0.1, 0.15) is 24.6 Å². The summed E-state index contributed by atoms with van der Waals surface area (Å²) < 4.78 is 1.55. The Hall–Kier alpha value is -2.36. The molecule has 1 aliphatic heterocycles. The summed E-state index contributed by atoms with van der Waals surface area (Å²) in [5.74, 6) is -0.0601. The Bertz CT molecular complexity index is 718. The molecule has 0 spiro atoms. The van der Waals surface area contributed by atoms with E-state index in [4.69, 9.17) is 0 Å². The monoisotopic (exact) mass is 357 g/mol. The van der Waals surface area contributed by atoms with E-state index in [2.05, 4.69) is 43.8 Å². The highest BCUT2D eigenvalue weighted by Gasteiger charge is 2.39. The molecule has 26 heavy (non-hydrogen) atoms. The predicted octanol–water partition coefficient (Wildman–Crippen LogP) is -0.606. The molecule has 4 N–H and O–H groups in total. The van der Waals surface area contributed by atoms with Gasteiger partial charge in [-0.2, -0.15) is 0 Å². The minimum Gasteiger partial charge on any atom is -0.393 e. The maximum absolute atomic E-state index is 12.9. The van der Waals surface area contributed by atoms with Crippen LogP contribution in [-0.2, 0) is 11.2 Å². The second-order valence-corrected chi connectivity index (χ2v) is 7.06. The zero-order valence-corrected chi connectivity index (χ0v) is 14.3. The number of aromatic nitrogens is 4. The fourth-order valence-electron chi connectivity index (χ4n) is 3.72. The van der Waals surface area contributed by atoms with Crippen LogP contribution in [0.5, 0.6) is 0 Å². The van der Waals surface area contributed by atoms with E-state index in [-0.39, 0.29) is 30.1 Å². The van der Waals surface area contributed by atoms with Gasteiger partial charge in [-0.25, -0.2) is 10.1 Å². The normalized spacial score (nSPS) is 29.1. The number of carbonyl (C=O) groups is 1. The summed E-state index contributed by atoms with van der Waals surface area (Å²) in [6.45, 7) is 0.502. The van der Waals surface area contributed by atoms with Crippen LogP contribution in [-0.4, -0.2) is 49.9 Å². The number of tetrazole rings is 1. The summed E-state index contributed by atoms with van der Waals surface area (Å²) >= 11 is 0. The SMILES string of the molecule is O=C(NC(Cc1ccccc1)C1CC(O)C1)C1CNNC1n1cnnn1. The Morgan fingerprint density at radius 1 is 1.35 bits per heavy atom. The fourth-order valence-corrected chi connectivity index (χ4v) is 3.72. The van der Waals surface area contributed by atoms with E-state index in [9.17, 15) is 9.90 Å². The number of nitrogens with one attached hydrogen (secondary N) is 3.